The highest BCUT2D eigenvalue weighted by atomic mass is 19.4. The maximum Gasteiger partial charge on any atom is 0.416 e. The van der Waals surface area contributed by atoms with Gasteiger partial charge in [-0.15, -0.1) is 0 Å². The van der Waals surface area contributed by atoms with E-state index in [0.717, 1.165) is 12.1 Å². The van der Waals surface area contributed by atoms with E-state index < -0.39 is 65.4 Å². The SMILES string of the molecule is NC(=O)C(=O)N1CCC(C(=O)N(Cc2cc(C(F)(F)F)cc(C(F)(F)F)c2)C2CC2)C(c2ccc(F)cc2)C1. The highest BCUT2D eigenvalue weighted by Crippen LogP contribution is 2.40. The third-order valence-electron chi connectivity index (χ3n) is 7.00. The fourth-order valence-electron chi connectivity index (χ4n) is 4.93. The van der Waals surface area contributed by atoms with Gasteiger partial charge in [-0.25, -0.2) is 4.39 Å². The van der Waals surface area contributed by atoms with Gasteiger partial charge in [-0.1, -0.05) is 12.1 Å². The van der Waals surface area contributed by atoms with Crippen LogP contribution in [0.2, 0.25) is 0 Å². The number of amides is 3. The summed E-state index contributed by atoms with van der Waals surface area (Å²) < 4.78 is 93.9. The molecule has 2 unspecified atom stereocenters. The van der Waals surface area contributed by atoms with Crippen molar-refractivity contribution < 1.29 is 45.1 Å². The standard InChI is InChI=1S/C26H24F7N3O3/c27-18-3-1-15(2-4-18)21-13-35(24(39)22(34)37)8-7-20(21)23(38)36(19-5-6-19)12-14-9-16(25(28,29)30)11-17(10-14)26(31,32)33/h1-4,9-11,19-21H,5-8,12-13H2,(H2,34,37). The maximum atomic E-state index is 13.8. The monoisotopic (exact) mass is 559 g/mol. The molecular formula is C26H24F7N3O3. The zero-order chi connectivity index (χ0) is 28.7. The first-order valence-electron chi connectivity index (χ1n) is 12.1. The average molecular weight is 559 g/mol. The van der Waals surface area contributed by atoms with E-state index in [1.165, 1.54) is 21.9 Å². The topological polar surface area (TPSA) is 83.7 Å². The minimum Gasteiger partial charge on any atom is -0.361 e. The Morgan fingerprint density at radius 2 is 1.46 bits per heavy atom. The zero-order valence-electron chi connectivity index (χ0n) is 20.4. The molecule has 0 bridgehead atoms. The lowest BCUT2D eigenvalue weighted by Gasteiger charge is -2.40. The molecule has 2 N–H and O–H groups in total. The second-order valence-electron chi connectivity index (χ2n) is 9.78. The van der Waals surface area contributed by atoms with Crippen LogP contribution in [0.15, 0.2) is 42.5 Å². The number of piperidine rings is 1. The van der Waals surface area contributed by atoms with Crippen molar-refractivity contribution in [3.05, 3.63) is 70.5 Å². The smallest absolute Gasteiger partial charge is 0.361 e. The van der Waals surface area contributed by atoms with Crippen LogP contribution in [0.3, 0.4) is 0 Å². The highest BCUT2D eigenvalue weighted by Gasteiger charge is 2.43. The molecule has 0 aromatic heterocycles. The summed E-state index contributed by atoms with van der Waals surface area (Å²) in [6.07, 6.45) is -8.95. The van der Waals surface area contributed by atoms with E-state index in [9.17, 15) is 45.1 Å². The predicted octanol–water partition coefficient (Wildman–Crippen LogP) is 4.47. The number of carbonyl (C=O) groups excluding carboxylic acids is 3. The molecule has 1 aliphatic heterocycles. The lowest BCUT2D eigenvalue weighted by molar-refractivity contribution is -0.147. The molecule has 4 rings (SSSR count). The van der Waals surface area contributed by atoms with Crippen molar-refractivity contribution in [1.29, 1.82) is 0 Å². The van der Waals surface area contributed by atoms with Gasteiger partial charge in [0.25, 0.3) is 0 Å². The Kier molecular flexibility index (Phi) is 7.63. The van der Waals surface area contributed by atoms with E-state index in [2.05, 4.69) is 0 Å². The third-order valence-corrected chi connectivity index (χ3v) is 7.00. The fourth-order valence-corrected chi connectivity index (χ4v) is 4.93. The van der Waals surface area contributed by atoms with Crippen LogP contribution >= 0.6 is 0 Å². The van der Waals surface area contributed by atoms with E-state index in [4.69, 9.17) is 5.73 Å². The molecule has 1 saturated carbocycles. The van der Waals surface area contributed by atoms with Gasteiger partial charge >= 0.3 is 24.2 Å². The van der Waals surface area contributed by atoms with Crippen LogP contribution in [0.4, 0.5) is 30.7 Å². The minimum atomic E-state index is -5.03. The Labute approximate surface area is 218 Å². The largest absolute Gasteiger partial charge is 0.416 e. The molecule has 13 heteroatoms. The predicted molar refractivity (Wildman–Crippen MR) is 123 cm³/mol. The molecule has 210 valence electrons. The van der Waals surface area contributed by atoms with Gasteiger partial charge in [-0.05, 0) is 60.7 Å². The summed E-state index contributed by atoms with van der Waals surface area (Å²) >= 11 is 0. The number of halogens is 7. The summed E-state index contributed by atoms with van der Waals surface area (Å²) in [6.45, 7) is -0.604. The molecule has 2 aliphatic rings. The van der Waals surface area contributed by atoms with Crippen LogP contribution in [0.25, 0.3) is 0 Å². The minimum absolute atomic E-state index is 0.0177. The Bertz CT molecular complexity index is 1220. The highest BCUT2D eigenvalue weighted by molar-refractivity contribution is 6.34. The van der Waals surface area contributed by atoms with E-state index in [-0.39, 0.29) is 37.2 Å². The molecule has 3 amide bonds. The molecule has 2 aromatic carbocycles. The Hall–Kier alpha value is -3.64. The Morgan fingerprint density at radius 1 is 0.897 bits per heavy atom. The second-order valence-corrected chi connectivity index (χ2v) is 9.78. The molecular weight excluding hydrogens is 535 g/mol. The molecule has 2 fully saturated rings. The zero-order valence-corrected chi connectivity index (χ0v) is 20.4. The number of primary amides is 1. The van der Waals surface area contributed by atoms with Crippen molar-refractivity contribution in [2.75, 3.05) is 13.1 Å². The summed E-state index contributed by atoms with van der Waals surface area (Å²) in [5.74, 6) is -4.77. The van der Waals surface area contributed by atoms with Crippen LogP contribution in [-0.4, -0.2) is 46.7 Å². The Balaban J connectivity index is 1.67. The first-order chi connectivity index (χ1) is 18.1. The quantitative estimate of drug-likeness (QED) is 0.434. The van der Waals surface area contributed by atoms with Gasteiger partial charge < -0.3 is 15.5 Å². The molecule has 2 aromatic rings. The van der Waals surface area contributed by atoms with Gasteiger partial charge in [0.15, 0.2) is 0 Å². The maximum absolute atomic E-state index is 13.8. The average Bonchev–Trinajstić information content (AvgIpc) is 3.70. The van der Waals surface area contributed by atoms with E-state index in [0.29, 0.717) is 30.5 Å². The van der Waals surface area contributed by atoms with Gasteiger partial charge in [0, 0.05) is 37.5 Å². The number of hydrogen-bond donors (Lipinski definition) is 1. The van der Waals surface area contributed by atoms with E-state index >= 15 is 0 Å². The van der Waals surface area contributed by atoms with Crippen LogP contribution in [0, 0.1) is 11.7 Å². The molecule has 1 aliphatic carbocycles. The summed E-state index contributed by atoms with van der Waals surface area (Å²) in [4.78, 5) is 40.0. The van der Waals surface area contributed by atoms with Crippen LogP contribution < -0.4 is 5.73 Å². The van der Waals surface area contributed by atoms with Crippen molar-refractivity contribution >= 4 is 17.7 Å². The molecule has 0 spiro atoms. The lowest BCUT2D eigenvalue weighted by Crippen LogP contribution is -2.51. The van der Waals surface area contributed by atoms with Gasteiger partial charge in [-0.2, -0.15) is 26.3 Å². The molecule has 1 saturated heterocycles. The fraction of sp³-hybridized carbons (Fsp3) is 0.423. The van der Waals surface area contributed by atoms with Gasteiger partial charge in [0.2, 0.25) is 5.91 Å². The Morgan fingerprint density at radius 3 is 1.95 bits per heavy atom. The second kappa shape index (κ2) is 10.5. The summed E-state index contributed by atoms with van der Waals surface area (Å²) in [5.41, 5.74) is 2.33. The normalized spacial score (nSPS) is 20.0. The van der Waals surface area contributed by atoms with Crippen molar-refractivity contribution in [2.24, 2.45) is 11.7 Å². The third kappa shape index (κ3) is 6.51. The summed E-state index contributed by atoms with van der Waals surface area (Å²) in [6, 6.07) is 6.01. The lowest BCUT2D eigenvalue weighted by atomic mass is 9.79. The van der Waals surface area contributed by atoms with Crippen LogP contribution in [0.1, 0.15) is 47.4 Å². The molecule has 1 heterocycles. The van der Waals surface area contributed by atoms with Gasteiger partial charge in [0.1, 0.15) is 5.82 Å². The van der Waals surface area contributed by atoms with Crippen LogP contribution in [-0.2, 0) is 33.3 Å². The number of benzene rings is 2. The summed E-state index contributed by atoms with van der Waals surface area (Å²) in [7, 11) is 0. The number of rotatable bonds is 5. The molecule has 39 heavy (non-hydrogen) atoms. The van der Waals surface area contributed by atoms with Crippen LogP contribution in [0.5, 0.6) is 0 Å². The molecule has 0 radical (unpaired) electrons. The first-order valence-corrected chi connectivity index (χ1v) is 12.1. The molecule has 6 nitrogen and oxygen atoms in total. The number of hydrogen-bond acceptors (Lipinski definition) is 3. The van der Waals surface area contributed by atoms with Crippen molar-refractivity contribution in [1.82, 2.24) is 9.80 Å². The number of carbonyl (C=O) groups is 3. The van der Waals surface area contributed by atoms with Crippen molar-refractivity contribution in [2.45, 2.75) is 50.1 Å². The molecule has 2 atom stereocenters. The number of alkyl halides is 6. The van der Waals surface area contributed by atoms with Crippen molar-refractivity contribution in [3.63, 3.8) is 0 Å². The number of likely N-dealkylation sites (tertiary alicyclic amines) is 1. The van der Waals surface area contributed by atoms with E-state index in [1.807, 2.05) is 0 Å². The summed E-state index contributed by atoms with van der Waals surface area (Å²) in [5, 5.41) is 0. The van der Waals surface area contributed by atoms with E-state index in [1.54, 1.807) is 0 Å². The van der Waals surface area contributed by atoms with Gasteiger partial charge in [-0.3, -0.25) is 14.4 Å². The number of nitrogens with zero attached hydrogens (tertiary/aromatic N) is 2. The van der Waals surface area contributed by atoms with Crippen molar-refractivity contribution in [3.8, 4) is 0 Å². The van der Waals surface area contributed by atoms with Gasteiger partial charge in [0.05, 0.1) is 11.1 Å². The first kappa shape index (κ1) is 28.4. The number of nitrogens with two attached hydrogens (primary N) is 1.